The molecule has 1 N–H and O–H groups in total. The van der Waals surface area contributed by atoms with Gasteiger partial charge in [-0.15, -0.1) is 0 Å². The summed E-state index contributed by atoms with van der Waals surface area (Å²) >= 11 is 0. The van der Waals surface area contributed by atoms with Gasteiger partial charge in [0, 0.05) is 38.4 Å². The van der Waals surface area contributed by atoms with E-state index in [1.165, 1.54) is 16.8 Å². The van der Waals surface area contributed by atoms with E-state index in [9.17, 15) is 4.79 Å². The van der Waals surface area contributed by atoms with Crippen molar-refractivity contribution in [1.29, 1.82) is 0 Å². The van der Waals surface area contributed by atoms with Gasteiger partial charge < -0.3 is 19.9 Å². The Kier molecular flexibility index (Phi) is 7.39. The second kappa shape index (κ2) is 10.2. The van der Waals surface area contributed by atoms with Crippen molar-refractivity contribution in [1.82, 2.24) is 10.2 Å². The standard InChI is InChI=1S/C24H33N3O2/c1-4-20-9-7-10-21(5-2)23(20)26-14-16-27(17-15-26)24(28)25-13-12-19-8-6-11-22(18-19)29-3/h6-11,18H,4-5,12-17H2,1-3H3,(H,25,28). The number of methoxy groups -OCH3 is 1. The van der Waals surface area contributed by atoms with Gasteiger partial charge in [-0.2, -0.15) is 0 Å². The lowest BCUT2D eigenvalue weighted by Gasteiger charge is -2.38. The minimum absolute atomic E-state index is 0.0343. The van der Waals surface area contributed by atoms with Gasteiger partial charge in [0.1, 0.15) is 5.75 Å². The normalized spacial score (nSPS) is 14.0. The molecule has 3 rings (SSSR count). The number of aryl methyl sites for hydroxylation is 2. The molecule has 1 fully saturated rings. The Morgan fingerprint density at radius 2 is 1.66 bits per heavy atom. The highest BCUT2D eigenvalue weighted by molar-refractivity contribution is 5.74. The number of piperazine rings is 1. The largest absolute Gasteiger partial charge is 0.497 e. The van der Waals surface area contributed by atoms with Crippen LogP contribution in [0.15, 0.2) is 42.5 Å². The summed E-state index contributed by atoms with van der Waals surface area (Å²) in [5.74, 6) is 0.851. The Hall–Kier alpha value is -2.69. The molecule has 156 valence electrons. The van der Waals surface area contributed by atoms with E-state index in [4.69, 9.17) is 4.74 Å². The van der Waals surface area contributed by atoms with Crippen LogP contribution in [0, 0.1) is 0 Å². The zero-order valence-electron chi connectivity index (χ0n) is 17.9. The first-order valence-corrected chi connectivity index (χ1v) is 10.7. The Labute approximate surface area is 174 Å². The van der Waals surface area contributed by atoms with Crippen molar-refractivity contribution in [3.63, 3.8) is 0 Å². The minimum atomic E-state index is 0.0343. The highest BCUT2D eigenvalue weighted by atomic mass is 16.5. The van der Waals surface area contributed by atoms with Crippen molar-refractivity contribution in [2.75, 3.05) is 44.7 Å². The van der Waals surface area contributed by atoms with Crippen LogP contribution in [0.25, 0.3) is 0 Å². The van der Waals surface area contributed by atoms with Crippen LogP contribution in [0.1, 0.15) is 30.5 Å². The first kappa shape index (κ1) is 21.0. The minimum Gasteiger partial charge on any atom is -0.497 e. The van der Waals surface area contributed by atoms with E-state index in [-0.39, 0.29) is 6.03 Å². The molecule has 0 atom stereocenters. The average Bonchev–Trinajstić information content (AvgIpc) is 2.78. The van der Waals surface area contributed by atoms with Gasteiger partial charge >= 0.3 is 6.03 Å². The number of ether oxygens (including phenoxy) is 1. The van der Waals surface area contributed by atoms with Crippen molar-refractivity contribution in [3.05, 3.63) is 59.2 Å². The van der Waals surface area contributed by atoms with E-state index in [2.05, 4.69) is 48.3 Å². The molecule has 2 amide bonds. The number of benzene rings is 2. The monoisotopic (exact) mass is 395 g/mol. The van der Waals surface area contributed by atoms with Crippen LogP contribution in [0.4, 0.5) is 10.5 Å². The zero-order chi connectivity index (χ0) is 20.6. The lowest BCUT2D eigenvalue weighted by Crippen LogP contribution is -2.52. The topological polar surface area (TPSA) is 44.8 Å². The number of hydrogen-bond acceptors (Lipinski definition) is 3. The molecule has 0 aliphatic carbocycles. The molecule has 2 aromatic carbocycles. The van der Waals surface area contributed by atoms with Crippen molar-refractivity contribution in [2.45, 2.75) is 33.1 Å². The molecule has 0 unspecified atom stereocenters. The number of nitrogens with one attached hydrogen (secondary N) is 1. The fourth-order valence-corrected chi connectivity index (χ4v) is 4.01. The number of carbonyl (C=O) groups is 1. The van der Waals surface area contributed by atoms with E-state index >= 15 is 0 Å². The van der Waals surface area contributed by atoms with Crippen LogP contribution in [-0.2, 0) is 19.3 Å². The van der Waals surface area contributed by atoms with Crippen molar-refractivity contribution < 1.29 is 9.53 Å². The summed E-state index contributed by atoms with van der Waals surface area (Å²) in [6.07, 6.45) is 2.87. The Morgan fingerprint density at radius 1 is 1.00 bits per heavy atom. The molecule has 5 nitrogen and oxygen atoms in total. The summed E-state index contributed by atoms with van der Waals surface area (Å²) < 4.78 is 5.26. The van der Waals surface area contributed by atoms with E-state index in [0.29, 0.717) is 6.54 Å². The fourth-order valence-electron chi connectivity index (χ4n) is 4.01. The number of hydrogen-bond donors (Lipinski definition) is 1. The predicted octanol–water partition coefficient (Wildman–Crippen LogP) is 3.89. The summed E-state index contributed by atoms with van der Waals surface area (Å²) in [5.41, 5.74) is 5.36. The molecule has 2 aromatic rings. The second-order valence-corrected chi connectivity index (χ2v) is 7.44. The maximum atomic E-state index is 12.6. The summed E-state index contributed by atoms with van der Waals surface area (Å²) in [5, 5.41) is 3.07. The molecule has 1 saturated heterocycles. The van der Waals surface area contributed by atoms with Crippen LogP contribution >= 0.6 is 0 Å². The zero-order valence-corrected chi connectivity index (χ0v) is 17.9. The van der Waals surface area contributed by atoms with Gasteiger partial charge in [0.05, 0.1) is 7.11 Å². The Bertz CT molecular complexity index is 791. The number of anilines is 1. The molecule has 1 aliphatic heterocycles. The van der Waals surface area contributed by atoms with Crippen molar-refractivity contribution >= 4 is 11.7 Å². The van der Waals surface area contributed by atoms with Crippen LogP contribution in [0.5, 0.6) is 5.75 Å². The molecule has 0 aromatic heterocycles. The van der Waals surface area contributed by atoms with Gasteiger partial charge in [0.15, 0.2) is 0 Å². The number of nitrogens with zero attached hydrogens (tertiary/aromatic N) is 2. The first-order valence-electron chi connectivity index (χ1n) is 10.7. The summed E-state index contributed by atoms with van der Waals surface area (Å²) in [6.45, 7) is 8.33. The Balaban J connectivity index is 1.51. The summed E-state index contributed by atoms with van der Waals surface area (Å²) in [4.78, 5) is 17.0. The molecule has 0 saturated carbocycles. The van der Waals surface area contributed by atoms with Gasteiger partial charge in [0.2, 0.25) is 0 Å². The highest BCUT2D eigenvalue weighted by Crippen LogP contribution is 2.28. The quantitative estimate of drug-likeness (QED) is 0.773. The molecular formula is C24H33N3O2. The lowest BCUT2D eigenvalue weighted by atomic mass is 10.0. The molecule has 0 bridgehead atoms. The molecular weight excluding hydrogens is 362 g/mol. The lowest BCUT2D eigenvalue weighted by molar-refractivity contribution is 0.194. The molecule has 5 heteroatoms. The second-order valence-electron chi connectivity index (χ2n) is 7.44. The number of urea groups is 1. The molecule has 0 spiro atoms. The number of carbonyl (C=O) groups excluding carboxylic acids is 1. The van der Waals surface area contributed by atoms with Gasteiger partial charge in [-0.3, -0.25) is 0 Å². The summed E-state index contributed by atoms with van der Waals surface area (Å²) in [7, 11) is 1.67. The Morgan fingerprint density at radius 3 is 2.28 bits per heavy atom. The van der Waals surface area contributed by atoms with Gasteiger partial charge in [-0.25, -0.2) is 4.79 Å². The molecule has 1 aliphatic rings. The van der Waals surface area contributed by atoms with E-state index in [1.807, 2.05) is 23.1 Å². The van der Waals surface area contributed by atoms with Crippen LogP contribution in [0.3, 0.4) is 0 Å². The van der Waals surface area contributed by atoms with Crippen LogP contribution < -0.4 is 15.0 Å². The third-order valence-electron chi connectivity index (χ3n) is 5.67. The maximum absolute atomic E-state index is 12.6. The number of amides is 2. The average molecular weight is 396 g/mol. The molecule has 29 heavy (non-hydrogen) atoms. The predicted molar refractivity (Wildman–Crippen MR) is 119 cm³/mol. The fraction of sp³-hybridized carbons (Fsp3) is 0.458. The van der Waals surface area contributed by atoms with Gasteiger partial charge in [-0.1, -0.05) is 44.2 Å². The maximum Gasteiger partial charge on any atom is 0.317 e. The van der Waals surface area contributed by atoms with E-state index < -0.39 is 0 Å². The van der Waals surface area contributed by atoms with Crippen molar-refractivity contribution in [3.8, 4) is 5.75 Å². The molecule has 1 heterocycles. The third kappa shape index (κ3) is 5.22. The van der Waals surface area contributed by atoms with Crippen LogP contribution in [0.2, 0.25) is 0 Å². The van der Waals surface area contributed by atoms with Gasteiger partial charge in [-0.05, 0) is 48.1 Å². The number of rotatable bonds is 7. The summed E-state index contributed by atoms with van der Waals surface area (Å²) in [6, 6.07) is 14.6. The highest BCUT2D eigenvalue weighted by Gasteiger charge is 2.23. The third-order valence-corrected chi connectivity index (χ3v) is 5.67. The van der Waals surface area contributed by atoms with Crippen LogP contribution in [-0.4, -0.2) is 50.8 Å². The number of para-hydroxylation sites is 1. The van der Waals surface area contributed by atoms with Crippen molar-refractivity contribution in [2.24, 2.45) is 0 Å². The van der Waals surface area contributed by atoms with Gasteiger partial charge in [0.25, 0.3) is 0 Å². The molecule has 0 radical (unpaired) electrons. The first-order chi connectivity index (χ1) is 14.2. The SMILES string of the molecule is CCc1cccc(CC)c1N1CCN(C(=O)NCCc2cccc(OC)c2)CC1. The van der Waals surface area contributed by atoms with E-state index in [1.54, 1.807) is 7.11 Å². The smallest absolute Gasteiger partial charge is 0.317 e. The van der Waals surface area contributed by atoms with E-state index in [0.717, 1.165) is 56.8 Å².